The Morgan fingerprint density at radius 3 is 2.00 bits per heavy atom. The van der Waals surface area contributed by atoms with E-state index in [1.165, 1.54) is 0 Å². The number of quaternary nitrogens is 1. The molecule has 0 aliphatic heterocycles. The molecule has 0 unspecified atom stereocenters. The summed E-state index contributed by atoms with van der Waals surface area (Å²) in [6.07, 6.45) is 3.80. The molecule has 0 saturated carbocycles. The van der Waals surface area contributed by atoms with Gasteiger partial charge in [0.2, 0.25) is 0 Å². The van der Waals surface area contributed by atoms with Crippen LogP contribution in [0.15, 0.2) is 25.3 Å². The summed E-state index contributed by atoms with van der Waals surface area (Å²) in [5, 5.41) is 0. The van der Waals surface area contributed by atoms with Crippen LogP contribution in [-0.4, -0.2) is 31.1 Å². The maximum Gasteiger partial charge on any atom is 0.0869 e. The van der Waals surface area contributed by atoms with Crippen LogP contribution in [0.4, 0.5) is 0 Å². The van der Waals surface area contributed by atoms with Crippen LogP contribution in [0.2, 0.25) is 0 Å². The van der Waals surface area contributed by atoms with Crippen molar-refractivity contribution in [2.45, 2.75) is 0 Å². The first-order valence-corrected chi connectivity index (χ1v) is 3.58. The van der Waals surface area contributed by atoms with Crippen molar-refractivity contribution in [3.05, 3.63) is 25.3 Å². The molecule has 0 spiro atoms. The molecule has 0 heterocycles. The van der Waals surface area contributed by atoms with Crippen LogP contribution in [0.5, 0.6) is 0 Å². The minimum atomic E-state index is 0.932. The van der Waals surface area contributed by atoms with E-state index >= 15 is 0 Å². The highest BCUT2D eigenvalue weighted by molar-refractivity contribution is 4.79. The van der Waals surface area contributed by atoms with Gasteiger partial charge >= 0.3 is 0 Å². The van der Waals surface area contributed by atoms with Gasteiger partial charge in [-0.3, -0.25) is 4.90 Å². The summed E-state index contributed by atoms with van der Waals surface area (Å²) >= 11 is 0. The first-order valence-electron chi connectivity index (χ1n) is 3.58. The third-order valence-electron chi connectivity index (χ3n) is 1.25. The maximum absolute atomic E-state index is 3.78. The van der Waals surface area contributed by atoms with Crippen LogP contribution in [0.1, 0.15) is 0 Å². The average molecular weight is 141 g/mol. The van der Waals surface area contributed by atoms with Crippen LogP contribution >= 0.6 is 0 Å². The lowest BCUT2D eigenvalue weighted by molar-refractivity contribution is -0.368. The third-order valence-corrected chi connectivity index (χ3v) is 1.25. The molecule has 0 saturated heterocycles. The zero-order valence-corrected chi connectivity index (χ0v) is 6.55. The normalized spacial score (nSPS) is 9.80. The third kappa shape index (κ3) is 4.30. The van der Waals surface area contributed by atoms with Crippen molar-refractivity contribution >= 4 is 0 Å². The van der Waals surface area contributed by atoms with Crippen molar-refractivity contribution in [1.29, 1.82) is 0 Å². The van der Waals surface area contributed by atoms with Gasteiger partial charge in [0.05, 0.1) is 6.54 Å². The van der Waals surface area contributed by atoms with Crippen LogP contribution in [0, 0.1) is 0 Å². The summed E-state index contributed by atoms with van der Waals surface area (Å²) in [6, 6.07) is 0. The number of rotatable bonds is 6. The fraction of sp³-hybridized carbons (Fsp3) is 0.500. The Morgan fingerprint density at radius 1 is 1.20 bits per heavy atom. The van der Waals surface area contributed by atoms with Crippen molar-refractivity contribution < 1.29 is 5.73 Å². The Hall–Kier alpha value is -0.600. The predicted octanol–water partition coefficient (Wildman–Crippen LogP) is -0.0977. The summed E-state index contributed by atoms with van der Waals surface area (Å²) in [5.41, 5.74) is 3.78. The van der Waals surface area contributed by atoms with Crippen molar-refractivity contribution in [2.75, 3.05) is 26.2 Å². The van der Waals surface area contributed by atoms with E-state index in [1.54, 1.807) is 0 Å². The minimum Gasteiger partial charge on any atom is -0.356 e. The molecular weight excluding hydrogens is 124 g/mol. The van der Waals surface area contributed by atoms with Gasteiger partial charge in [-0.05, 0) is 0 Å². The zero-order valence-electron chi connectivity index (χ0n) is 6.55. The van der Waals surface area contributed by atoms with Crippen molar-refractivity contribution in [2.24, 2.45) is 0 Å². The van der Waals surface area contributed by atoms with E-state index in [2.05, 4.69) is 23.8 Å². The summed E-state index contributed by atoms with van der Waals surface area (Å²) in [6.45, 7) is 11.2. The second kappa shape index (κ2) is 6.52. The molecule has 0 aliphatic rings. The number of hydrogen-bond acceptors (Lipinski definition) is 1. The molecular formula is C8H17N2+. The first kappa shape index (κ1) is 9.40. The van der Waals surface area contributed by atoms with Crippen molar-refractivity contribution in [3.63, 3.8) is 0 Å². The van der Waals surface area contributed by atoms with E-state index in [1.807, 2.05) is 12.2 Å². The lowest BCUT2D eigenvalue weighted by Gasteiger charge is -2.15. The maximum atomic E-state index is 3.78. The Morgan fingerprint density at radius 2 is 1.70 bits per heavy atom. The summed E-state index contributed by atoms with van der Waals surface area (Å²) < 4.78 is 0. The van der Waals surface area contributed by atoms with Crippen molar-refractivity contribution in [3.8, 4) is 0 Å². The quantitative estimate of drug-likeness (QED) is 0.515. The second-order valence-electron chi connectivity index (χ2n) is 2.19. The van der Waals surface area contributed by atoms with Gasteiger partial charge in [-0.1, -0.05) is 12.2 Å². The Kier molecular flexibility index (Phi) is 6.13. The Bertz CT molecular complexity index is 89.4. The minimum absolute atomic E-state index is 0.932. The molecule has 0 amide bonds. The molecule has 0 aromatic rings. The zero-order chi connectivity index (χ0) is 7.82. The molecule has 0 bridgehead atoms. The Labute approximate surface area is 63.0 Å². The van der Waals surface area contributed by atoms with Gasteiger partial charge in [-0.25, -0.2) is 0 Å². The summed E-state index contributed by atoms with van der Waals surface area (Å²) in [5.74, 6) is 0. The smallest absolute Gasteiger partial charge is 0.0869 e. The molecule has 0 fully saturated rings. The second-order valence-corrected chi connectivity index (χ2v) is 2.19. The predicted molar refractivity (Wildman–Crippen MR) is 44.6 cm³/mol. The molecule has 2 heteroatoms. The molecule has 2 nitrogen and oxygen atoms in total. The molecule has 0 rings (SSSR count). The standard InChI is InChI=1S/C8H16N2/c1-3-6-10(7-4-2)8-5-9/h3-4H,1-2,5-9H2/p+1. The van der Waals surface area contributed by atoms with Crippen molar-refractivity contribution in [1.82, 2.24) is 4.90 Å². The van der Waals surface area contributed by atoms with E-state index in [9.17, 15) is 0 Å². The molecule has 0 aliphatic carbocycles. The number of nitrogens with zero attached hydrogens (tertiary/aromatic N) is 1. The first-order chi connectivity index (χ1) is 4.85. The van der Waals surface area contributed by atoms with Crippen LogP contribution in [0.25, 0.3) is 0 Å². The summed E-state index contributed by atoms with van der Waals surface area (Å²) in [7, 11) is 0. The van der Waals surface area contributed by atoms with Gasteiger partial charge in [-0.2, -0.15) is 0 Å². The van der Waals surface area contributed by atoms with E-state index in [4.69, 9.17) is 0 Å². The average Bonchev–Trinajstić information content (AvgIpc) is 1.90. The highest BCUT2D eigenvalue weighted by Gasteiger charge is 1.97. The van der Waals surface area contributed by atoms with Crippen LogP contribution < -0.4 is 5.73 Å². The molecule has 58 valence electrons. The van der Waals surface area contributed by atoms with Gasteiger partial charge in [0.25, 0.3) is 0 Å². The fourth-order valence-electron chi connectivity index (χ4n) is 0.846. The van der Waals surface area contributed by atoms with Crippen LogP contribution in [0.3, 0.4) is 0 Å². The SMILES string of the molecule is C=CCN(CC=C)CC[NH3+]. The molecule has 0 atom stereocenters. The highest BCUT2D eigenvalue weighted by Crippen LogP contribution is 1.85. The molecule has 0 radical (unpaired) electrons. The Balaban J connectivity index is 3.48. The van der Waals surface area contributed by atoms with Gasteiger partial charge in [0, 0.05) is 19.6 Å². The molecule has 0 aromatic carbocycles. The lowest BCUT2D eigenvalue weighted by Crippen LogP contribution is -2.55. The largest absolute Gasteiger partial charge is 0.356 e. The lowest BCUT2D eigenvalue weighted by atomic mass is 10.4. The van der Waals surface area contributed by atoms with Crippen LogP contribution in [-0.2, 0) is 0 Å². The molecule has 10 heavy (non-hydrogen) atoms. The highest BCUT2D eigenvalue weighted by atomic mass is 15.1. The van der Waals surface area contributed by atoms with E-state index in [-0.39, 0.29) is 0 Å². The van der Waals surface area contributed by atoms with Gasteiger partial charge in [-0.15, -0.1) is 13.2 Å². The van der Waals surface area contributed by atoms with E-state index in [0.29, 0.717) is 0 Å². The van der Waals surface area contributed by atoms with E-state index < -0.39 is 0 Å². The molecule has 3 N–H and O–H groups in total. The monoisotopic (exact) mass is 141 g/mol. The van der Waals surface area contributed by atoms with Gasteiger partial charge in [0.15, 0.2) is 0 Å². The summed E-state index contributed by atoms with van der Waals surface area (Å²) in [4.78, 5) is 2.24. The topological polar surface area (TPSA) is 30.9 Å². The number of hydrogen-bond donors (Lipinski definition) is 1. The van der Waals surface area contributed by atoms with E-state index in [0.717, 1.165) is 26.2 Å². The van der Waals surface area contributed by atoms with Gasteiger partial charge in [0.1, 0.15) is 0 Å². The molecule has 0 aromatic heterocycles. The fourth-order valence-corrected chi connectivity index (χ4v) is 0.846. The van der Waals surface area contributed by atoms with Gasteiger partial charge < -0.3 is 5.73 Å².